The van der Waals surface area contributed by atoms with Crippen molar-refractivity contribution in [3.05, 3.63) is 93.0 Å². The first kappa shape index (κ1) is 29.7. The molecule has 3 aromatic rings. The summed E-state index contributed by atoms with van der Waals surface area (Å²) in [6.45, 7) is 13.6. The van der Waals surface area contributed by atoms with Crippen LogP contribution in [0.3, 0.4) is 0 Å². The number of phenols is 2. The molecular formula is C39H52O2. The molecule has 2 heteroatoms. The van der Waals surface area contributed by atoms with Crippen LogP contribution >= 0.6 is 0 Å². The number of rotatable bonds is 7. The van der Waals surface area contributed by atoms with Gasteiger partial charge in [-0.3, -0.25) is 0 Å². The Labute approximate surface area is 249 Å². The molecule has 0 aliphatic heterocycles. The van der Waals surface area contributed by atoms with Gasteiger partial charge < -0.3 is 10.2 Å². The number of aromatic hydroxyl groups is 2. The topological polar surface area (TPSA) is 40.5 Å². The number of hydrogen-bond acceptors (Lipinski definition) is 2. The van der Waals surface area contributed by atoms with Crippen molar-refractivity contribution in [3.8, 4) is 11.5 Å². The molecule has 41 heavy (non-hydrogen) atoms. The lowest BCUT2D eigenvalue weighted by Crippen LogP contribution is -2.23. The van der Waals surface area contributed by atoms with Crippen LogP contribution in [0.2, 0.25) is 0 Å². The van der Waals surface area contributed by atoms with Crippen molar-refractivity contribution < 1.29 is 10.2 Å². The molecule has 3 aromatic carbocycles. The summed E-state index contributed by atoms with van der Waals surface area (Å²) in [5.74, 6) is 1.92. The molecule has 2 saturated carbocycles. The molecular weight excluding hydrogens is 500 g/mol. The first-order valence-corrected chi connectivity index (χ1v) is 16.2. The highest BCUT2D eigenvalue weighted by Gasteiger charge is 2.30. The Kier molecular flexibility index (Phi) is 8.61. The fourth-order valence-corrected chi connectivity index (χ4v) is 8.10. The lowest BCUT2D eigenvalue weighted by Gasteiger charge is -2.32. The highest BCUT2D eigenvalue weighted by Crippen LogP contribution is 2.44. The molecule has 0 atom stereocenters. The third-order valence-corrected chi connectivity index (χ3v) is 10.6. The fourth-order valence-electron chi connectivity index (χ4n) is 8.10. The van der Waals surface area contributed by atoms with Gasteiger partial charge in [-0.15, -0.1) is 0 Å². The summed E-state index contributed by atoms with van der Waals surface area (Å²) in [7, 11) is 0. The molecule has 0 aromatic heterocycles. The van der Waals surface area contributed by atoms with Crippen LogP contribution in [0, 0.1) is 13.8 Å². The van der Waals surface area contributed by atoms with Crippen LogP contribution in [0.25, 0.3) is 0 Å². The van der Waals surface area contributed by atoms with Crippen LogP contribution in [0.1, 0.15) is 148 Å². The van der Waals surface area contributed by atoms with Crippen LogP contribution in [0.5, 0.6) is 11.5 Å². The second kappa shape index (κ2) is 11.9. The van der Waals surface area contributed by atoms with Crippen molar-refractivity contribution in [2.45, 2.75) is 135 Å². The van der Waals surface area contributed by atoms with Gasteiger partial charge in [-0.05, 0) is 120 Å². The van der Waals surface area contributed by atoms with Crippen LogP contribution in [-0.2, 0) is 17.3 Å². The molecule has 0 unspecified atom stereocenters. The quantitative estimate of drug-likeness (QED) is 0.306. The molecule has 2 N–H and O–H groups in total. The van der Waals surface area contributed by atoms with Crippen molar-refractivity contribution in [3.63, 3.8) is 0 Å². The van der Waals surface area contributed by atoms with E-state index in [9.17, 15) is 10.2 Å². The van der Waals surface area contributed by atoms with Crippen LogP contribution in [0.4, 0.5) is 0 Å². The molecule has 0 bridgehead atoms. The van der Waals surface area contributed by atoms with E-state index < -0.39 is 0 Å². The lowest BCUT2D eigenvalue weighted by atomic mass is 9.72. The summed E-state index contributed by atoms with van der Waals surface area (Å²) in [4.78, 5) is 0. The molecule has 0 spiro atoms. The third kappa shape index (κ3) is 6.23. The normalized spacial score (nSPS) is 17.6. The minimum atomic E-state index is -0.155. The molecule has 220 valence electrons. The van der Waals surface area contributed by atoms with E-state index in [-0.39, 0.29) is 10.8 Å². The van der Waals surface area contributed by atoms with E-state index in [0.717, 1.165) is 23.1 Å². The number of aryl methyl sites for hydroxylation is 2. The van der Waals surface area contributed by atoms with Gasteiger partial charge in [0.15, 0.2) is 0 Å². The minimum absolute atomic E-state index is 0.0410. The molecule has 0 saturated heterocycles. The van der Waals surface area contributed by atoms with Crippen molar-refractivity contribution in [1.82, 2.24) is 0 Å². The van der Waals surface area contributed by atoms with Crippen LogP contribution < -0.4 is 0 Å². The molecule has 5 rings (SSSR count). The highest BCUT2D eigenvalue weighted by molar-refractivity contribution is 5.51. The zero-order valence-corrected chi connectivity index (χ0v) is 26.4. The van der Waals surface area contributed by atoms with Gasteiger partial charge in [0.2, 0.25) is 0 Å². The Morgan fingerprint density at radius 3 is 1.54 bits per heavy atom. The summed E-state index contributed by atoms with van der Waals surface area (Å²) in [5, 5.41) is 21.7. The number of benzene rings is 3. The average Bonchev–Trinajstić information content (AvgIpc) is 2.94. The van der Waals surface area contributed by atoms with Crippen molar-refractivity contribution in [2.75, 3.05) is 0 Å². The molecule has 2 aliphatic rings. The Morgan fingerprint density at radius 1 is 0.610 bits per heavy atom. The molecule has 0 heterocycles. The van der Waals surface area contributed by atoms with Crippen LogP contribution in [-0.4, -0.2) is 10.2 Å². The van der Waals surface area contributed by atoms with Gasteiger partial charge >= 0.3 is 0 Å². The van der Waals surface area contributed by atoms with Gasteiger partial charge in [0.25, 0.3) is 0 Å². The standard InChI is InChI=1S/C39H52O2/c1-26-21-36(40)32(29-13-9-7-10-14-29)23-34(26)38(3,4)25-28-17-19-31(20-18-28)39(5,6)35-24-33(37(41)22-27(35)2)30-15-11-8-12-16-30/h17-24,29-30,40-41H,7-16,25H2,1-6H3. The zero-order valence-electron chi connectivity index (χ0n) is 26.4. The third-order valence-electron chi connectivity index (χ3n) is 10.6. The molecule has 0 amide bonds. The van der Waals surface area contributed by atoms with E-state index in [1.54, 1.807) is 0 Å². The SMILES string of the molecule is Cc1cc(O)c(C2CCCCC2)cc1C(C)(C)Cc1ccc(C(C)(C)c2cc(C3CCCCC3)c(O)cc2C)cc1. The van der Waals surface area contributed by atoms with E-state index in [0.29, 0.717) is 23.3 Å². The molecule has 0 radical (unpaired) electrons. The molecule has 2 aliphatic carbocycles. The first-order chi connectivity index (χ1) is 19.5. The van der Waals surface area contributed by atoms with Gasteiger partial charge in [-0.1, -0.05) is 103 Å². The highest BCUT2D eigenvalue weighted by atomic mass is 16.3. The van der Waals surface area contributed by atoms with Crippen molar-refractivity contribution in [2.24, 2.45) is 0 Å². The van der Waals surface area contributed by atoms with Crippen molar-refractivity contribution >= 4 is 0 Å². The second-order valence-corrected chi connectivity index (χ2v) is 14.5. The number of phenolic OH excluding ortho intramolecular Hbond substituents is 2. The van der Waals surface area contributed by atoms with Gasteiger partial charge in [-0.2, -0.15) is 0 Å². The summed E-state index contributed by atoms with van der Waals surface area (Å²) in [6.07, 6.45) is 13.4. The van der Waals surface area contributed by atoms with E-state index in [4.69, 9.17) is 0 Å². The maximum absolute atomic E-state index is 10.9. The Balaban J connectivity index is 1.38. The van der Waals surface area contributed by atoms with Gasteiger partial charge in [0.05, 0.1) is 0 Å². The second-order valence-electron chi connectivity index (χ2n) is 14.5. The van der Waals surface area contributed by atoms with Crippen molar-refractivity contribution in [1.29, 1.82) is 0 Å². The van der Waals surface area contributed by atoms with E-state index in [1.807, 2.05) is 12.1 Å². The molecule has 2 nitrogen and oxygen atoms in total. The van der Waals surface area contributed by atoms with Gasteiger partial charge in [0.1, 0.15) is 11.5 Å². The first-order valence-electron chi connectivity index (χ1n) is 16.2. The Hall–Kier alpha value is -2.74. The molecule has 2 fully saturated rings. The average molecular weight is 553 g/mol. The van der Waals surface area contributed by atoms with E-state index in [1.165, 1.54) is 92.0 Å². The lowest BCUT2D eigenvalue weighted by molar-refractivity contribution is 0.411. The summed E-state index contributed by atoms with van der Waals surface area (Å²) in [5.41, 5.74) is 9.78. The predicted molar refractivity (Wildman–Crippen MR) is 173 cm³/mol. The summed E-state index contributed by atoms with van der Waals surface area (Å²) in [6, 6.07) is 17.9. The van der Waals surface area contributed by atoms with Crippen LogP contribution in [0.15, 0.2) is 48.5 Å². The van der Waals surface area contributed by atoms with Gasteiger partial charge in [-0.25, -0.2) is 0 Å². The zero-order chi connectivity index (χ0) is 29.4. The Bertz CT molecular complexity index is 1350. The predicted octanol–water partition coefficient (Wildman–Crippen LogP) is 10.7. The van der Waals surface area contributed by atoms with E-state index >= 15 is 0 Å². The monoisotopic (exact) mass is 552 g/mol. The fraction of sp³-hybridized carbons (Fsp3) is 0.538. The maximum Gasteiger partial charge on any atom is 0.119 e. The van der Waals surface area contributed by atoms with E-state index in [2.05, 4.69) is 77.9 Å². The maximum atomic E-state index is 10.9. The summed E-state index contributed by atoms with van der Waals surface area (Å²) < 4.78 is 0. The summed E-state index contributed by atoms with van der Waals surface area (Å²) >= 11 is 0. The largest absolute Gasteiger partial charge is 0.508 e. The van der Waals surface area contributed by atoms with Gasteiger partial charge in [0, 0.05) is 5.41 Å². The number of hydrogen-bond donors (Lipinski definition) is 2. The smallest absolute Gasteiger partial charge is 0.119 e. The minimum Gasteiger partial charge on any atom is -0.508 e. The Morgan fingerprint density at radius 2 is 1.05 bits per heavy atom.